The highest BCUT2D eigenvalue weighted by Crippen LogP contribution is 2.57. The topological polar surface area (TPSA) is 12.0 Å². The maximum atomic E-state index is 3.76. The van der Waals surface area contributed by atoms with Gasteiger partial charge in [0.15, 0.2) is 0 Å². The van der Waals surface area contributed by atoms with E-state index in [4.69, 9.17) is 0 Å². The van der Waals surface area contributed by atoms with Crippen LogP contribution < -0.4 is 5.32 Å². The second-order valence-corrected chi connectivity index (χ2v) is 6.07. The van der Waals surface area contributed by atoms with Crippen LogP contribution in [0.4, 0.5) is 0 Å². The van der Waals surface area contributed by atoms with Crippen LogP contribution in [0.1, 0.15) is 57.9 Å². The molecule has 1 aliphatic rings. The van der Waals surface area contributed by atoms with Crippen molar-refractivity contribution in [2.45, 2.75) is 58.4 Å². The molecule has 1 heterocycles. The van der Waals surface area contributed by atoms with Crippen LogP contribution in [0.2, 0.25) is 0 Å². The van der Waals surface area contributed by atoms with Crippen LogP contribution in [0.15, 0.2) is 16.8 Å². The van der Waals surface area contributed by atoms with Crippen molar-refractivity contribution in [2.24, 2.45) is 5.41 Å². The van der Waals surface area contributed by atoms with Gasteiger partial charge in [-0.25, -0.2) is 0 Å². The van der Waals surface area contributed by atoms with Gasteiger partial charge >= 0.3 is 0 Å². The van der Waals surface area contributed by atoms with E-state index in [-0.39, 0.29) is 0 Å². The molecule has 0 aliphatic heterocycles. The standard InChI is InChI=1S/C15H25NS/c1-4-8-16-14-10-13(12-7-9-17-11-12)15(14,5-2)6-3/h7,9,11,13-14,16H,4-6,8,10H2,1-3H3. The molecule has 96 valence electrons. The van der Waals surface area contributed by atoms with Crippen LogP contribution in [-0.2, 0) is 0 Å². The molecule has 1 N–H and O–H groups in total. The molecule has 0 bridgehead atoms. The fourth-order valence-corrected chi connectivity index (χ4v) is 4.28. The summed E-state index contributed by atoms with van der Waals surface area (Å²) in [5.41, 5.74) is 2.09. The molecule has 2 atom stereocenters. The summed E-state index contributed by atoms with van der Waals surface area (Å²) < 4.78 is 0. The van der Waals surface area contributed by atoms with Gasteiger partial charge in [0.2, 0.25) is 0 Å². The van der Waals surface area contributed by atoms with E-state index >= 15 is 0 Å². The van der Waals surface area contributed by atoms with Crippen molar-refractivity contribution < 1.29 is 0 Å². The van der Waals surface area contributed by atoms with E-state index in [1.54, 1.807) is 5.56 Å². The van der Waals surface area contributed by atoms with Crippen molar-refractivity contribution in [1.29, 1.82) is 0 Å². The lowest BCUT2D eigenvalue weighted by Crippen LogP contribution is -2.58. The smallest absolute Gasteiger partial charge is 0.0135 e. The molecule has 1 aromatic heterocycles. The van der Waals surface area contributed by atoms with E-state index in [9.17, 15) is 0 Å². The molecule has 0 amide bonds. The third-order valence-corrected chi connectivity index (χ3v) is 5.46. The molecular formula is C15H25NS. The first-order chi connectivity index (χ1) is 8.28. The van der Waals surface area contributed by atoms with Crippen LogP contribution in [0, 0.1) is 5.41 Å². The minimum absolute atomic E-state index is 0.510. The lowest BCUT2D eigenvalue weighted by Gasteiger charge is -2.56. The maximum Gasteiger partial charge on any atom is 0.0135 e. The van der Waals surface area contributed by atoms with Gasteiger partial charge in [0.1, 0.15) is 0 Å². The Morgan fingerprint density at radius 3 is 2.65 bits per heavy atom. The third kappa shape index (κ3) is 2.17. The molecular weight excluding hydrogens is 226 g/mol. The van der Waals surface area contributed by atoms with Crippen molar-refractivity contribution in [1.82, 2.24) is 5.32 Å². The van der Waals surface area contributed by atoms with E-state index in [2.05, 4.69) is 42.9 Å². The van der Waals surface area contributed by atoms with E-state index in [0.29, 0.717) is 5.41 Å². The van der Waals surface area contributed by atoms with Gasteiger partial charge in [-0.3, -0.25) is 0 Å². The second-order valence-electron chi connectivity index (χ2n) is 5.29. The van der Waals surface area contributed by atoms with Crippen LogP contribution in [0.25, 0.3) is 0 Å². The first kappa shape index (κ1) is 13.1. The van der Waals surface area contributed by atoms with Gasteiger partial charge in [-0.05, 0) is 66.0 Å². The highest BCUT2D eigenvalue weighted by atomic mass is 32.1. The largest absolute Gasteiger partial charge is 0.313 e. The van der Waals surface area contributed by atoms with Crippen molar-refractivity contribution in [3.8, 4) is 0 Å². The van der Waals surface area contributed by atoms with Gasteiger partial charge in [0.05, 0.1) is 0 Å². The minimum atomic E-state index is 0.510. The SMILES string of the molecule is CCCNC1CC(c2ccsc2)C1(CC)CC. The molecule has 0 spiro atoms. The molecule has 0 saturated heterocycles. The van der Waals surface area contributed by atoms with Crippen LogP contribution in [-0.4, -0.2) is 12.6 Å². The Morgan fingerprint density at radius 2 is 2.12 bits per heavy atom. The van der Waals surface area contributed by atoms with Gasteiger partial charge in [-0.2, -0.15) is 11.3 Å². The van der Waals surface area contributed by atoms with Crippen molar-refractivity contribution >= 4 is 11.3 Å². The monoisotopic (exact) mass is 251 g/mol. The summed E-state index contributed by atoms with van der Waals surface area (Å²) in [5.74, 6) is 0.790. The molecule has 2 rings (SSSR count). The highest BCUT2D eigenvalue weighted by Gasteiger charge is 2.52. The Labute approximate surface area is 110 Å². The first-order valence-electron chi connectivity index (χ1n) is 7.04. The third-order valence-electron chi connectivity index (χ3n) is 4.76. The maximum absolute atomic E-state index is 3.76. The minimum Gasteiger partial charge on any atom is -0.313 e. The summed E-state index contributed by atoms with van der Waals surface area (Å²) in [5, 5.41) is 8.33. The molecule has 0 radical (unpaired) electrons. The summed E-state index contributed by atoms with van der Waals surface area (Å²) in [4.78, 5) is 0. The molecule has 2 unspecified atom stereocenters. The normalized spacial score (nSPS) is 26.8. The molecule has 1 nitrogen and oxygen atoms in total. The molecule has 0 aromatic carbocycles. The molecule has 1 aliphatic carbocycles. The fourth-order valence-electron chi connectivity index (χ4n) is 3.57. The molecule has 1 aromatic rings. The summed E-state index contributed by atoms with van der Waals surface area (Å²) in [7, 11) is 0. The lowest BCUT2D eigenvalue weighted by molar-refractivity contribution is 0.0204. The zero-order valence-electron chi connectivity index (χ0n) is 11.3. The molecule has 1 fully saturated rings. The van der Waals surface area contributed by atoms with Crippen molar-refractivity contribution in [3.05, 3.63) is 22.4 Å². The fraction of sp³-hybridized carbons (Fsp3) is 0.733. The average molecular weight is 251 g/mol. The highest BCUT2D eigenvalue weighted by molar-refractivity contribution is 7.08. The molecule has 17 heavy (non-hydrogen) atoms. The predicted octanol–water partition coefficient (Wildman–Crippen LogP) is 4.41. The van der Waals surface area contributed by atoms with Crippen molar-refractivity contribution in [2.75, 3.05) is 6.54 Å². The van der Waals surface area contributed by atoms with Gasteiger partial charge in [-0.1, -0.05) is 20.8 Å². The van der Waals surface area contributed by atoms with Gasteiger partial charge < -0.3 is 5.32 Å². The second kappa shape index (κ2) is 5.53. The molecule has 2 heteroatoms. The Kier molecular flexibility index (Phi) is 4.26. The number of rotatable bonds is 6. The van der Waals surface area contributed by atoms with E-state index < -0.39 is 0 Å². The summed E-state index contributed by atoms with van der Waals surface area (Å²) in [6.07, 6.45) is 5.17. The Hall–Kier alpha value is -0.340. The predicted molar refractivity (Wildman–Crippen MR) is 76.8 cm³/mol. The molecule has 1 saturated carbocycles. The number of thiophene rings is 1. The number of hydrogen-bond acceptors (Lipinski definition) is 2. The Bertz CT molecular complexity index is 327. The van der Waals surface area contributed by atoms with E-state index in [1.807, 2.05) is 11.3 Å². The number of hydrogen-bond donors (Lipinski definition) is 1. The van der Waals surface area contributed by atoms with Crippen LogP contribution >= 0.6 is 11.3 Å². The zero-order chi connectivity index (χ0) is 12.3. The Morgan fingerprint density at radius 1 is 1.35 bits per heavy atom. The van der Waals surface area contributed by atoms with E-state index in [0.717, 1.165) is 12.0 Å². The summed E-state index contributed by atoms with van der Waals surface area (Å²) >= 11 is 1.84. The summed E-state index contributed by atoms with van der Waals surface area (Å²) in [6, 6.07) is 3.06. The van der Waals surface area contributed by atoms with Gasteiger partial charge in [0, 0.05) is 6.04 Å². The lowest BCUT2D eigenvalue weighted by atomic mass is 9.52. The van der Waals surface area contributed by atoms with Gasteiger partial charge in [-0.15, -0.1) is 0 Å². The first-order valence-corrected chi connectivity index (χ1v) is 7.98. The zero-order valence-corrected chi connectivity index (χ0v) is 12.1. The van der Waals surface area contributed by atoms with E-state index in [1.165, 1.54) is 32.2 Å². The average Bonchev–Trinajstić information content (AvgIpc) is 2.83. The van der Waals surface area contributed by atoms with Gasteiger partial charge in [0.25, 0.3) is 0 Å². The quantitative estimate of drug-likeness (QED) is 0.789. The Balaban J connectivity index is 2.10. The van der Waals surface area contributed by atoms with Crippen molar-refractivity contribution in [3.63, 3.8) is 0 Å². The van der Waals surface area contributed by atoms with Crippen LogP contribution in [0.5, 0.6) is 0 Å². The van der Waals surface area contributed by atoms with Crippen LogP contribution in [0.3, 0.4) is 0 Å². The number of nitrogens with one attached hydrogen (secondary N) is 1. The summed E-state index contributed by atoms with van der Waals surface area (Å²) in [6.45, 7) is 8.15.